The molecule has 3 nitrogen and oxygen atoms in total. The molecule has 0 saturated carbocycles. The van der Waals surface area contributed by atoms with E-state index >= 15 is 0 Å². The van der Waals surface area contributed by atoms with Crippen LogP contribution >= 0.6 is 95.6 Å². The van der Waals surface area contributed by atoms with E-state index in [-0.39, 0.29) is 0 Å². The minimum Gasteiger partial charge on any atom is -0.336 e. The summed E-state index contributed by atoms with van der Waals surface area (Å²) in [6, 6.07) is 46.9. The van der Waals surface area contributed by atoms with Crippen molar-refractivity contribution in [3.05, 3.63) is 171 Å². The summed E-state index contributed by atoms with van der Waals surface area (Å²) in [4.78, 5) is 0. The molecule has 54 heavy (non-hydrogen) atoms. The number of hydrogen-bond donors (Lipinski definition) is 0. The van der Waals surface area contributed by atoms with Gasteiger partial charge < -0.3 is 13.7 Å². The lowest BCUT2D eigenvalue weighted by Crippen LogP contribution is -2.07. The van der Waals surface area contributed by atoms with Gasteiger partial charge in [-0.3, -0.25) is 0 Å². The van der Waals surface area contributed by atoms with E-state index in [1.807, 2.05) is 0 Å². The topological polar surface area (TPSA) is 14.8 Å². The monoisotopic (exact) mass is 1080 g/mol. The molecule has 0 amide bonds. The smallest absolute Gasteiger partial charge is 0.0505 e. The summed E-state index contributed by atoms with van der Waals surface area (Å²) in [6.07, 6.45) is 0. The molecule has 0 aliphatic carbocycles. The number of nitrogens with zero attached hydrogens (tertiary/aromatic N) is 3. The van der Waals surface area contributed by atoms with Crippen molar-refractivity contribution in [2.24, 2.45) is 0 Å². The van der Waals surface area contributed by atoms with Gasteiger partial charge in [-0.25, -0.2) is 0 Å². The summed E-state index contributed by atoms with van der Waals surface area (Å²) in [6.45, 7) is 2.17. The number of fused-ring (bicyclic) bond motifs is 9. The van der Waals surface area contributed by atoms with Crippen molar-refractivity contribution in [3.63, 3.8) is 0 Å². The van der Waals surface area contributed by atoms with Gasteiger partial charge in [-0.2, -0.15) is 0 Å². The van der Waals surface area contributed by atoms with Crippen molar-refractivity contribution < 1.29 is 0 Å². The molecule has 0 N–H and O–H groups in total. The Bertz CT molecular complexity index is 2640. The molecule has 0 bridgehead atoms. The van der Waals surface area contributed by atoms with Crippen LogP contribution in [-0.4, -0.2) is 13.7 Å². The molecule has 3 heterocycles. The molecule has 7 aromatic carbocycles. The van der Waals surface area contributed by atoms with Gasteiger partial charge in [0.15, 0.2) is 0 Å². The minimum absolute atomic E-state index is 0.724. The van der Waals surface area contributed by atoms with E-state index in [9.17, 15) is 0 Å². The highest BCUT2D eigenvalue weighted by Gasteiger charge is 2.18. The van der Waals surface area contributed by atoms with Crippen LogP contribution in [0.3, 0.4) is 0 Å². The Morgan fingerprint density at radius 1 is 0.259 bits per heavy atom. The minimum atomic E-state index is 0.724. The molecule has 0 fully saturated rings. The van der Waals surface area contributed by atoms with Crippen LogP contribution in [0.4, 0.5) is 0 Å². The standard InChI is InChI=1S/C45H27Br6N3/c46-28-1-7-34-35-8-2-29(47)17-41(35)52(40(34)16-28)22-25-13-26(23-53-42-18-30(48)3-9-36(42)37-10-4-31(49)19-43(37)53)15-27(14-25)24-54-44-20-32(50)5-11-38(44)39-12-6-33(51)21-45(39)54/h1-21H,22-24H2. The maximum absolute atomic E-state index is 3.77. The third-order valence-corrected chi connectivity index (χ3v) is 13.5. The molecule has 3 aromatic heterocycles. The number of aromatic nitrogens is 3. The Morgan fingerprint density at radius 2 is 0.444 bits per heavy atom. The third-order valence-electron chi connectivity index (χ3n) is 10.5. The van der Waals surface area contributed by atoms with Crippen LogP contribution in [0.1, 0.15) is 16.7 Å². The van der Waals surface area contributed by atoms with Crippen LogP contribution in [0.15, 0.2) is 154 Å². The van der Waals surface area contributed by atoms with E-state index in [2.05, 4.69) is 237 Å². The summed E-state index contributed by atoms with van der Waals surface area (Å²) < 4.78 is 13.8. The predicted octanol–water partition coefficient (Wildman–Crippen LogP) is 15.7. The molecule has 9 heteroatoms. The molecule has 0 unspecified atom stereocenters. The average Bonchev–Trinajstić information content (AvgIpc) is 3.72. The summed E-state index contributed by atoms with van der Waals surface area (Å²) in [5.74, 6) is 0. The summed E-state index contributed by atoms with van der Waals surface area (Å²) in [5, 5.41) is 7.50. The van der Waals surface area contributed by atoms with Gasteiger partial charge in [-0.1, -0.05) is 150 Å². The fourth-order valence-corrected chi connectivity index (χ4v) is 10.4. The Hall–Kier alpha value is -3.18. The molecule has 0 spiro atoms. The highest BCUT2D eigenvalue weighted by Crippen LogP contribution is 2.37. The first-order valence-corrected chi connectivity index (χ1v) is 22.2. The molecule has 0 aliphatic rings. The van der Waals surface area contributed by atoms with Crippen LogP contribution in [-0.2, 0) is 19.6 Å². The van der Waals surface area contributed by atoms with E-state index in [1.54, 1.807) is 0 Å². The first-order chi connectivity index (χ1) is 26.2. The first-order valence-electron chi connectivity index (χ1n) is 17.4. The molecule has 0 radical (unpaired) electrons. The lowest BCUT2D eigenvalue weighted by atomic mass is 10.0. The Morgan fingerprint density at radius 3 is 0.630 bits per heavy atom. The molecule has 0 aliphatic heterocycles. The van der Waals surface area contributed by atoms with Gasteiger partial charge in [-0.15, -0.1) is 0 Å². The predicted molar refractivity (Wildman–Crippen MR) is 248 cm³/mol. The van der Waals surface area contributed by atoms with Crippen LogP contribution in [0.5, 0.6) is 0 Å². The molecule has 0 saturated heterocycles. The van der Waals surface area contributed by atoms with Crippen LogP contribution < -0.4 is 0 Å². The van der Waals surface area contributed by atoms with Gasteiger partial charge in [0.1, 0.15) is 0 Å². The van der Waals surface area contributed by atoms with E-state index in [0.717, 1.165) is 46.5 Å². The second-order valence-corrected chi connectivity index (χ2v) is 19.4. The van der Waals surface area contributed by atoms with Gasteiger partial charge >= 0.3 is 0 Å². The van der Waals surface area contributed by atoms with E-state index in [0.29, 0.717) is 0 Å². The van der Waals surface area contributed by atoms with Crippen molar-refractivity contribution in [1.82, 2.24) is 13.7 Å². The van der Waals surface area contributed by atoms with Crippen LogP contribution in [0, 0.1) is 0 Å². The largest absolute Gasteiger partial charge is 0.336 e. The van der Waals surface area contributed by atoms with Crippen LogP contribution in [0.2, 0.25) is 0 Å². The van der Waals surface area contributed by atoms with Gasteiger partial charge in [0.2, 0.25) is 0 Å². The lowest BCUT2D eigenvalue weighted by molar-refractivity contribution is 0.820. The Labute approximate surface area is 361 Å². The summed E-state index contributed by atoms with van der Waals surface area (Å²) in [7, 11) is 0. The van der Waals surface area contributed by atoms with E-state index in [1.165, 1.54) is 82.1 Å². The molecule has 264 valence electrons. The fourth-order valence-electron chi connectivity index (χ4n) is 8.30. The first kappa shape index (κ1) is 35.2. The maximum Gasteiger partial charge on any atom is 0.0505 e. The molecule has 10 rings (SSSR count). The maximum atomic E-state index is 3.77. The molecule has 10 aromatic rings. The zero-order valence-electron chi connectivity index (χ0n) is 28.4. The van der Waals surface area contributed by atoms with Crippen molar-refractivity contribution >= 4 is 161 Å². The van der Waals surface area contributed by atoms with E-state index < -0.39 is 0 Å². The SMILES string of the molecule is Brc1ccc2c3ccc(Br)cc3n(Cc3cc(Cn4c5cc(Br)ccc5c5ccc(Br)cc54)cc(Cn4c5cc(Br)ccc5c5ccc(Br)cc54)c3)c2c1. The van der Waals surface area contributed by atoms with Gasteiger partial charge in [0.05, 0.1) is 33.1 Å². The highest BCUT2D eigenvalue weighted by molar-refractivity contribution is 9.11. The second kappa shape index (κ2) is 13.8. The van der Waals surface area contributed by atoms with Gasteiger partial charge in [0.25, 0.3) is 0 Å². The summed E-state index contributed by atoms with van der Waals surface area (Å²) >= 11 is 22.6. The zero-order chi connectivity index (χ0) is 36.8. The van der Waals surface area contributed by atoms with Crippen molar-refractivity contribution in [2.75, 3.05) is 0 Å². The number of rotatable bonds is 6. The third kappa shape index (κ3) is 6.14. The van der Waals surface area contributed by atoms with Crippen LogP contribution in [0.25, 0.3) is 65.4 Å². The number of halogens is 6. The molecular formula is C45H27Br6N3. The summed E-state index contributed by atoms with van der Waals surface area (Å²) in [5.41, 5.74) is 11.0. The van der Waals surface area contributed by atoms with Gasteiger partial charge in [-0.05, 0) is 89.5 Å². The van der Waals surface area contributed by atoms with Crippen molar-refractivity contribution in [2.45, 2.75) is 19.6 Å². The number of hydrogen-bond acceptors (Lipinski definition) is 0. The fraction of sp³-hybridized carbons (Fsp3) is 0.0667. The average molecular weight is 1090 g/mol. The van der Waals surface area contributed by atoms with E-state index in [4.69, 9.17) is 0 Å². The Balaban J connectivity index is 1.19. The molecular weight excluding hydrogens is 1060 g/mol. The highest BCUT2D eigenvalue weighted by atomic mass is 79.9. The number of benzene rings is 7. The second-order valence-electron chi connectivity index (χ2n) is 13.9. The Kier molecular flexibility index (Phi) is 9.00. The lowest BCUT2D eigenvalue weighted by Gasteiger charge is -2.16. The molecule has 0 atom stereocenters. The normalized spacial score (nSPS) is 12.1. The zero-order valence-corrected chi connectivity index (χ0v) is 37.9. The van der Waals surface area contributed by atoms with Gasteiger partial charge in [0, 0.05) is 78.8 Å². The van der Waals surface area contributed by atoms with Crippen molar-refractivity contribution in [1.29, 1.82) is 0 Å². The quantitative estimate of drug-likeness (QED) is 0.158. The van der Waals surface area contributed by atoms with Crippen molar-refractivity contribution in [3.8, 4) is 0 Å².